The van der Waals surface area contributed by atoms with Crippen LogP contribution in [0.3, 0.4) is 0 Å². The number of hydrogen-bond acceptors (Lipinski definition) is 5. The molecule has 0 bridgehead atoms. The first kappa shape index (κ1) is 44.8. The maximum Gasteiger partial charge on any atom is 0.338 e. The number of carbonyl (C=O) groups is 1. The number of allylic oxidation sites excluding steroid dienone is 1. The van der Waals surface area contributed by atoms with E-state index in [1.807, 2.05) is 72.8 Å². The molecule has 4 aliphatic carbocycles. The van der Waals surface area contributed by atoms with Gasteiger partial charge in [0.2, 0.25) is 0 Å². The molecule has 0 N–H and O–H groups in total. The van der Waals surface area contributed by atoms with Crippen molar-refractivity contribution >= 4 is 5.97 Å². The predicted molar refractivity (Wildman–Crippen MR) is 256 cm³/mol. The minimum absolute atomic E-state index is 0.0452. The molecule has 0 unspecified atom stereocenters. The summed E-state index contributed by atoms with van der Waals surface area (Å²) in [5.41, 5.74) is 7.94. The van der Waals surface area contributed by atoms with Crippen molar-refractivity contribution in [1.82, 2.24) is 0 Å². The quantitative estimate of drug-likeness (QED) is 0.0601. The molecule has 8 atom stereocenters. The molecule has 5 nitrogen and oxygen atoms in total. The van der Waals surface area contributed by atoms with Gasteiger partial charge in [-0.2, -0.15) is 5.26 Å². The van der Waals surface area contributed by atoms with Gasteiger partial charge in [-0.25, -0.2) is 4.79 Å². The van der Waals surface area contributed by atoms with Crippen LogP contribution in [-0.2, 0) is 4.74 Å². The van der Waals surface area contributed by atoms with Crippen LogP contribution in [-0.4, -0.2) is 25.3 Å². The number of nitrogens with zero attached hydrogens (tertiary/aromatic N) is 1. The highest BCUT2D eigenvalue weighted by Crippen LogP contribution is 2.67. The summed E-state index contributed by atoms with van der Waals surface area (Å²) in [6.07, 6.45) is 19.5. The highest BCUT2D eigenvalue weighted by atomic mass is 16.5. The third kappa shape index (κ3) is 10.1. The molecule has 4 aliphatic rings. The van der Waals surface area contributed by atoms with Crippen molar-refractivity contribution in [3.63, 3.8) is 0 Å². The minimum Gasteiger partial charge on any atom is -0.494 e. The Morgan fingerprint density at radius 3 is 1.86 bits per heavy atom. The van der Waals surface area contributed by atoms with Gasteiger partial charge in [-0.05, 0) is 181 Å². The lowest BCUT2D eigenvalue weighted by molar-refractivity contribution is -0.0594. The van der Waals surface area contributed by atoms with Crippen LogP contribution < -0.4 is 9.47 Å². The molecule has 0 heterocycles. The van der Waals surface area contributed by atoms with Crippen molar-refractivity contribution in [2.75, 3.05) is 13.2 Å². The van der Waals surface area contributed by atoms with Crippen LogP contribution in [0.4, 0.5) is 0 Å². The second-order valence-corrected chi connectivity index (χ2v) is 20.6. The second kappa shape index (κ2) is 19.9. The maximum atomic E-state index is 13.5. The number of ether oxygens (including phenoxy) is 3. The van der Waals surface area contributed by atoms with Crippen molar-refractivity contribution in [2.45, 2.75) is 131 Å². The van der Waals surface area contributed by atoms with Crippen LogP contribution in [0.2, 0.25) is 0 Å². The molecule has 0 amide bonds. The van der Waals surface area contributed by atoms with Gasteiger partial charge in [0.15, 0.2) is 0 Å². The summed E-state index contributed by atoms with van der Waals surface area (Å²) in [5, 5.41) is 9.02. The molecule has 332 valence electrons. The summed E-state index contributed by atoms with van der Waals surface area (Å²) >= 11 is 0. The molecule has 0 saturated heterocycles. The van der Waals surface area contributed by atoms with E-state index >= 15 is 0 Å². The molecule has 63 heavy (non-hydrogen) atoms. The van der Waals surface area contributed by atoms with Crippen LogP contribution in [0.5, 0.6) is 11.5 Å². The Balaban J connectivity index is 0.750. The Kier molecular flexibility index (Phi) is 14.2. The largest absolute Gasteiger partial charge is 0.494 e. The fraction of sp³-hybridized carbons (Fsp3) is 0.517. The van der Waals surface area contributed by atoms with Crippen LogP contribution >= 0.6 is 0 Å². The number of nitriles is 1. The number of fused-ring (bicyclic) bond motifs is 5. The zero-order valence-corrected chi connectivity index (χ0v) is 38.8. The van der Waals surface area contributed by atoms with Gasteiger partial charge in [0.05, 0.1) is 30.4 Å². The highest BCUT2D eigenvalue weighted by Gasteiger charge is 2.59. The minimum atomic E-state index is -0.206. The van der Waals surface area contributed by atoms with E-state index in [1.165, 1.54) is 51.4 Å². The number of rotatable bonds is 17. The standard InChI is InChI=1S/C58H71NO4/c1-40(2)10-9-11-41(3)53-30-31-54-52-29-24-48-38-51(32-34-57(48,4)55(52)33-35-58(53,54)5)63-56(60)47-18-16-44(17-19-47)46-22-27-50(28-23-46)62-37-8-6-7-36-61-49-25-20-45(21-26-49)43-14-12-42(39-59)13-15-43/h12-28,40-41,51-55H,6-11,29-38H2,1-5H3/t41-,51+,52+,53-,54+,55+,57+,58-/m1/s1. The van der Waals surface area contributed by atoms with E-state index < -0.39 is 0 Å². The van der Waals surface area contributed by atoms with E-state index in [0.29, 0.717) is 29.8 Å². The third-order valence-corrected chi connectivity index (χ3v) is 16.4. The SMILES string of the molecule is CC(C)CCC[C@@H](C)[C@H]1CC[C@H]2[C@@H]3CC=C4C[C@@H](OC(=O)c5ccc(-c6ccc(OCCCCCOc7ccc(-c8ccc(C#N)cc8)cc7)cc6)cc5)CC[C@]4(C)[C@H]3CC[C@]12C. The third-order valence-electron chi connectivity index (χ3n) is 16.4. The molecule has 3 fully saturated rings. The Bertz CT molecular complexity index is 2200. The molecule has 4 aromatic rings. The topological polar surface area (TPSA) is 68.6 Å². The first-order valence-corrected chi connectivity index (χ1v) is 24.5. The zero-order chi connectivity index (χ0) is 44.0. The summed E-state index contributed by atoms with van der Waals surface area (Å²) in [5.74, 6) is 6.50. The van der Waals surface area contributed by atoms with Gasteiger partial charge in [-0.15, -0.1) is 0 Å². The molecule has 0 radical (unpaired) electrons. The summed E-state index contributed by atoms with van der Waals surface area (Å²) in [7, 11) is 0. The average Bonchev–Trinajstić information content (AvgIpc) is 3.66. The lowest BCUT2D eigenvalue weighted by Crippen LogP contribution is -2.51. The van der Waals surface area contributed by atoms with Crippen molar-refractivity contribution in [2.24, 2.45) is 46.3 Å². The predicted octanol–water partition coefficient (Wildman–Crippen LogP) is 15.1. The monoisotopic (exact) mass is 846 g/mol. The van der Waals surface area contributed by atoms with Crippen molar-refractivity contribution < 1.29 is 19.0 Å². The summed E-state index contributed by atoms with van der Waals surface area (Å²) < 4.78 is 18.2. The normalized spacial score (nSPS) is 26.7. The Labute approximate surface area is 378 Å². The molecule has 3 saturated carbocycles. The molecule has 4 aromatic carbocycles. The van der Waals surface area contributed by atoms with Crippen LogP contribution in [0.15, 0.2) is 109 Å². The number of benzene rings is 4. The lowest BCUT2D eigenvalue weighted by atomic mass is 9.47. The van der Waals surface area contributed by atoms with Crippen LogP contribution in [0.1, 0.15) is 140 Å². The van der Waals surface area contributed by atoms with Gasteiger partial charge in [0.25, 0.3) is 0 Å². The van der Waals surface area contributed by atoms with Gasteiger partial charge < -0.3 is 14.2 Å². The number of carbonyl (C=O) groups excluding carboxylic acids is 1. The van der Waals surface area contributed by atoms with Crippen molar-refractivity contribution in [3.8, 4) is 39.8 Å². The molecular weight excluding hydrogens is 775 g/mol. The molecule has 0 spiro atoms. The van der Waals surface area contributed by atoms with Crippen molar-refractivity contribution in [1.29, 1.82) is 5.26 Å². The fourth-order valence-corrected chi connectivity index (χ4v) is 12.8. The zero-order valence-electron chi connectivity index (χ0n) is 38.8. The number of hydrogen-bond donors (Lipinski definition) is 0. The first-order valence-electron chi connectivity index (χ1n) is 24.5. The smallest absolute Gasteiger partial charge is 0.338 e. The van der Waals surface area contributed by atoms with E-state index in [2.05, 4.69) is 71.0 Å². The van der Waals surface area contributed by atoms with Gasteiger partial charge in [0.1, 0.15) is 17.6 Å². The van der Waals surface area contributed by atoms with E-state index in [-0.39, 0.29) is 17.5 Å². The Morgan fingerprint density at radius 2 is 1.27 bits per heavy atom. The van der Waals surface area contributed by atoms with Crippen molar-refractivity contribution in [3.05, 3.63) is 120 Å². The molecule has 5 heteroatoms. The summed E-state index contributed by atoms with van der Waals surface area (Å²) in [4.78, 5) is 13.5. The van der Waals surface area contributed by atoms with E-state index in [1.54, 1.807) is 5.57 Å². The summed E-state index contributed by atoms with van der Waals surface area (Å²) in [6.45, 7) is 13.9. The second-order valence-electron chi connectivity index (χ2n) is 20.6. The van der Waals surface area contributed by atoms with Gasteiger partial charge in [-0.1, -0.05) is 114 Å². The average molecular weight is 846 g/mol. The van der Waals surface area contributed by atoms with Gasteiger partial charge in [-0.3, -0.25) is 0 Å². The highest BCUT2D eigenvalue weighted by molar-refractivity contribution is 5.90. The Morgan fingerprint density at radius 1 is 0.683 bits per heavy atom. The Hall–Kier alpha value is -4.82. The van der Waals surface area contributed by atoms with Gasteiger partial charge >= 0.3 is 5.97 Å². The fourth-order valence-electron chi connectivity index (χ4n) is 12.8. The lowest BCUT2D eigenvalue weighted by Gasteiger charge is -2.58. The number of unbranched alkanes of at least 4 members (excludes halogenated alkanes) is 2. The van der Waals surface area contributed by atoms with Crippen LogP contribution in [0, 0.1) is 57.7 Å². The van der Waals surface area contributed by atoms with E-state index in [9.17, 15) is 4.79 Å². The van der Waals surface area contributed by atoms with E-state index in [4.69, 9.17) is 19.5 Å². The summed E-state index contributed by atoms with van der Waals surface area (Å²) in [6, 6.07) is 34.0. The molecule has 8 rings (SSSR count). The van der Waals surface area contributed by atoms with Crippen LogP contribution in [0.25, 0.3) is 22.3 Å². The first-order chi connectivity index (χ1) is 30.5. The van der Waals surface area contributed by atoms with E-state index in [0.717, 1.165) is 108 Å². The molecular formula is C58H71NO4. The molecule has 0 aliphatic heterocycles. The van der Waals surface area contributed by atoms with Gasteiger partial charge in [0, 0.05) is 6.42 Å². The molecule has 0 aromatic heterocycles. The maximum absolute atomic E-state index is 13.5. The number of esters is 1.